The maximum atomic E-state index is 10.1. The molecule has 0 unspecified atom stereocenters. The summed E-state index contributed by atoms with van der Waals surface area (Å²) in [5.74, 6) is 2.06. The molecular formula is C15H23N3O3. The van der Waals surface area contributed by atoms with Gasteiger partial charge in [-0.05, 0) is 26.2 Å². The van der Waals surface area contributed by atoms with Crippen LogP contribution in [0.5, 0.6) is 0 Å². The number of aliphatic hydroxyl groups excluding tert-OH is 1. The van der Waals surface area contributed by atoms with E-state index in [4.69, 9.17) is 4.74 Å². The molecule has 3 rings (SSSR count). The molecular weight excluding hydrogens is 270 g/mol. The fraction of sp³-hybridized carbons (Fsp3) is 0.733. The highest BCUT2D eigenvalue weighted by Gasteiger charge is 2.32. The van der Waals surface area contributed by atoms with E-state index in [1.165, 1.54) is 0 Å². The summed E-state index contributed by atoms with van der Waals surface area (Å²) in [4.78, 5) is 11.2. The topological polar surface area (TPSA) is 78.7 Å². The molecule has 6 heteroatoms. The lowest BCUT2D eigenvalue weighted by atomic mass is 9.92. The SMILES string of the molecule is Cc1nc([C@H]2CCOC2)cc(N2CCC(O)(CO)CC2)n1. The minimum atomic E-state index is -0.930. The van der Waals surface area contributed by atoms with Crippen LogP contribution >= 0.6 is 0 Å². The molecule has 3 heterocycles. The maximum absolute atomic E-state index is 10.1. The Hall–Kier alpha value is -1.24. The smallest absolute Gasteiger partial charge is 0.132 e. The van der Waals surface area contributed by atoms with E-state index in [-0.39, 0.29) is 6.61 Å². The highest BCUT2D eigenvalue weighted by Crippen LogP contribution is 2.29. The number of aryl methyl sites for hydroxylation is 1. The van der Waals surface area contributed by atoms with Gasteiger partial charge in [0.15, 0.2) is 0 Å². The average molecular weight is 293 g/mol. The van der Waals surface area contributed by atoms with Crippen molar-refractivity contribution in [2.45, 2.75) is 37.7 Å². The van der Waals surface area contributed by atoms with Crippen LogP contribution in [0.2, 0.25) is 0 Å². The Kier molecular flexibility index (Phi) is 4.10. The van der Waals surface area contributed by atoms with Crippen molar-refractivity contribution >= 4 is 5.82 Å². The number of piperidine rings is 1. The summed E-state index contributed by atoms with van der Waals surface area (Å²) in [5, 5.41) is 19.3. The van der Waals surface area contributed by atoms with Crippen molar-refractivity contribution in [1.29, 1.82) is 0 Å². The van der Waals surface area contributed by atoms with Crippen LogP contribution in [0.25, 0.3) is 0 Å². The van der Waals surface area contributed by atoms with Gasteiger partial charge in [-0.25, -0.2) is 9.97 Å². The van der Waals surface area contributed by atoms with Gasteiger partial charge in [0, 0.05) is 31.7 Å². The van der Waals surface area contributed by atoms with Crippen LogP contribution in [0.15, 0.2) is 6.07 Å². The van der Waals surface area contributed by atoms with Crippen molar-refractivity contribution in [2.75, 3.05) is 37.8 Å². The Bertz CT molecular complexity index is 495. The Morgan fingerprint density at radius 3 is 2.76 bits per heavy atom. The van der Waals surface area contributed by atoms with Gasteiger partial charge < -0.3 is 19.8 Å². The molecule has 6 nitrogen and oxygen atoms in total. The van der Waals surface area contributed by atoms with Gasteiger partial charge in [0.1, 0.15) is 11.6 Å². The fourth-order valence-electron chi connectivity index (χ4n) is 3.02. The van der Waals surface area contributed by atoms with E-state index in [1.807, 2.05) is 6.92 Å². The largest absolute Gasteiger partial charge is 0.393 e. The predicted molar refractivity (Wildman–Crippen MR) is 78.4 cm³/mol. The average Bonchev–Trinajstić information content (AvgIpc) is 3.02. The summed E-state index contributed by atoms with van der Waals surface area (Å²) in [6, 6.07) is 2.05. The first-order valence-corrected chi connectivity index (χ1v) is 7.61. The molecule has 0 amide bonds. The van der Waals surface area contributed by atoms with E-state index < -0.39 is 5.60 Å². The molecule has 116 valence electrons. The second-order valence-electron chi connectivity index (χ2n) is 6.13. The normalized spacial score (nSPS) is 25.3. The van der Waals surface area contributed by atoms with Crippen LogP contribution in [0.4, 0.5) is 5.82 Å². The summed E-state index contributed by atoms with van der Waals surface area (Å²) >= 11 is 0. The first kappa shape index (κ1) is 14.7. The molecule has 0 bridgehead atoms. The Morgan fingerprint density at radius 2 is 2.14 bits per heavy atom. The molecule has 0 radical (unpaired) electrons. The number of anilines is 1. The lowest BCUT2D eigenvalue weighted by Gasteiger charge is -2.37. The van der Waals surface area contributed by atoms with Gasteiger partial charge >= 0.3 is 0 Å². The van der Waals surface area contributed by atoms with Crippen molar-refractivity contribution in [2.24, 2.45) is 0 Å². The van der Waals surface area contributed by atoms with Crippen molar-refractivity contribution in [1.82, 2.24) is 9.97 Å². The predicted octanol–water partition coefficient (Wildman–Crippen LogP) is 0.613. The van der Waals surface area contributed by atoms with Crippen molar-refractivity contribution in [3.05, 3.63) is 17.6 Å². The first-order chi connectivity index (χ1) is 10.1. The van der Waals surface area contributed by atoms with Crippen LogP contribution in [0, 0.1) is 6.92 Å². The van der Waals surface area contributed by atoms with Gasteiger partial charge in [-0.1, -0.05) is 0 Å². The standard InChI is InChI=1S/C15H23N3O3/c1-11-16-13(12-2-7-21-9-12)8-14(17-11)18-5-3-15(20,10-19)4-6-18/h8,12,19-20H,2-7,9-10H2,1H3/t12-/m0/s1. The van der Waals surface area contributed by atoms with Gasteiger partial charge in [-0.2, -0.15) is 0 Å². The summed E-state index contributed by atoms with van der Waals surface area (Å²) in [5.41, 5.74) is 0.124. The van der Waals surface area contributed by atoms with E-state index in [0.717, 1.165) is 37.0 Å². The van der Waals surface area contributed by atoms with Crippen LogP contribution < -0.4 is 4.90 Å². The molecule has 0 aliphatic carbocycles. The zero-order valence-corrected chi connectivity index (χ0v) is 12.5. The molecule has 2 saturated heterocycles. The molecule has 1 atom stereocenters. The molecule has 1 aromatic heterocycles. The fourth-order valence-corrected chi connectivity index (χ4v) is 3.02. The van der Waals surface area contributed by atoms with Gasteiger partial charge in [0.25, 0.3) is 0 Å². The minimum absolute atomic E-state index is 0.172. The van der Waals surface area contributed by atoms with Gasteiger partial charge in [0.05, 0.1) is 24.5 Å². The third kappa shape index (κ3) is 3.17. The first-order valence-electron chi connectivity index (χ1n) is 7.61. The number of hydrogen-bond acceptors (Lipinski definition) is 6. The van der Waals surface area contributed by atoms with Crippen LogP contribution in [0.1, 0.15) is 36.7 Å². The minimum Gasteiger partial charge on any atom is -0.393 e. The second-order valence-corrected chi connectivity index (χ2v) is 6.13. The molecule has 0 spiro atoms. The highest BCUT2D eigenvalue weighted by atomic mass is 16.5. The molecule has 1 aromatic rings. The van der Waals surface area contributed by atoms with E-state index in [2.05, 4.69) is 20.9 Å². The third-order valence-electron chi connectivity index (χ3n) is 4.50. The summed E-state index contributed by atoms with van der Waals surface area (Å²) in [7, 11) is 0. The summed E-state index contributed by atoms with van der Waals surface area (Å²) in [6.07, 6.45) is 2.14. The number of aliphatic hydroxyl groups is 2. The van der Waals surface area contributed by atoms with Gasteiger partial charge in [0.2, 0.25) is 0 Å². The molecule has 0 aromatic carbocycles. The monoisotopic (exact) mass is 293 g/mol. The Labute approximate surface area is 124 Å². The van der Waals surface area contributed by atoms with Crippen LogP contribution in [-0.4, -0.2) is 58.7 Å². The zero-order valence-electron chi connectivity index (χ0n) is 12.5. The number of ether oxygens (including phenoxy) is 1. The van der Waals surface area contributed by atoms with Gasteiger partial charge in [-0.3, -0.25) is 0 Å². The van der Waals surface area contributed by atoms with Gasteiger partial charge in [-0.15, -0.1) is 0 Å². The maximum Gasteiger partial charge on any atom is 0.132 e. The molecule has 21 heavy (non-hydrogen) atoms. The molecule has 0 saturated carbocycles. The molecule has 2 aliphatic rings. The quantitative estimate of drug-likeness (QED) is 0.850. The van der Waals surface area contributed by atoms with E-state index in [9.17, 15) is 10.2 Å². The number of hydrogen-bond donors (Lipinski definition) is 2. The second kappa shape index (κ2) is 5.87. The zero-order chi connectivity index (χ0) is 14.9. The number of nitrogens with zero attached hydrogens (tertiary/aromatic N) is 3. The summed E-state index contributed by atoms with van der Waals surface area (Å²) in [6.45, 7) is 4.68. The van der Waals surface area contributed by atoms with Crippen molar-refractivity contribution in [3.63, 3.8) is 0 Å². The van der Waals surface area contributed by atoms with E-state index >= 15 is 0 Å². The highest BCUT2D eigenvalue weighted by molar-refractivity contribution is 5.41. The third-order valence-corrected chi connectivity index (χ3v) is 4.50. The molecule has 2 aliphatic heterocycles. The van der Waals surface area contributed by atoms with Crippen molar-refractivity contribution in [3.8, 4) is 0 Å². The van der Waals surface area contributed by atoms with Crippen LogP contribution in [0.3, 0.4) is 0 Å². The number of rotatable bonds is 3. The molecule has 2 N–H and O–H groups in total. The lowest BCUT2D eigenvalue weighted by Crippen LogP contribution is -2.47. The summed E-state index contributed by atoms with van der Waals surface area (Å²) < 4.78 is 5.44. The number of aromatic nitrogens is 2. The van der Waals surface area contributed by atoms with E-state index in [0.29, 0.717) is 31.8 Å². The molecule has 2 fully saturated rings. The lowest BCUT2D eigenvalue weighted by molar-refractivity contribution is -0.0326. The van der Waals surface area contributed by atoms with E-state index in [1.54, 1.807) is 0 Å². The Balaban J connectivity index is 1.76. The van der Waals surface area contributed by atoms with Crippen LogP contribution in [-0.2, 0) is 4.74 Å². The van der Waals surface area contributed by atoms with Crippen molar-refractivity contribution < 1.29 is 14.9 Å². The Morgan fingerprint density at radius 1 is 1.38 bits per heavy atom.